The molecular weight excluding hydrogens is 368 g/mol. The van der Waals surface area contributed by atoms with Crippen LogP contribution in [0.3, 0.4) is 0 Å². The predicted octanol–water partition coefficient (Wildman–Crippen LogP) is 0.984. The first kappa shape index (κ1) is 18.8. The fourth-order valence-corrected chi connectivity index (χ4v) is 6.83. The molecule has 146 valence electrons. The fourth-order valence-electron chi connectivity index (χ4n) is 4.72. The van der Waals surface area contributed by atoms with Gasteiger partial charge in [-0.05, 0) is 49.7 Å². The Hall–Kier alpha value is -0.510. The zero-order chi connectivity index (χ0) is 18.1. The molecule has 0 amide bonds. The molecule has 0 radical (unpaired) electrons. The van der Waals surface area contributed by atoms with E-state index in [2.05, 4.69) is 26.5 Å². The van der Waals surface area contributed by atoms with Crippen molar-refractivity contribution >= 4 is 21.4 Å². The Bertz CT molecular complexity index is 686. The summed E-state index contributed by atoms with van der Waals surface area (Å²) in [4.78, 5) is 7.56. The van der Waals surface area contributed by atoms with E-state index in [4.69, 9.17) is 0 Å². The quantitative estimate of drug-likeness (QED) is 0.774. The van der Waals surface area contributed by atoms with Crippen LogP contribution in [-0.4, -0.2) is 88.6 Å². The van der Waals surface area contributed by atoms with E-state index >= 15 is 0 Å². The Labute approximate surface area is 161 Å². The van der Waals surface area contributed by atoms with Gasteiger partial charge in [0.15, 0.2) is 0 Å². The molecule has 4 atom stereocenters. The van der Waals surface area contributed by atoms with Crippen LogP contribution in [0.5, 0.6) is 0 Å². The number of hydrogen-bond acceptors (Lipinski definition) is 6. The molecule has 1 unspecified atom stereocenters. The molecule has 4 aliphatic heterocycles. The van der Waals surface area contributed by atoms with Crippen LogP contribution in [0.1, 0.15) is 12.8 Å². The van der Waals surface area contributed by atoms with Crippen molar-refractivity contribution in [1.82, 2.24) is 19.4 Å². The molecule has 5 rings (SSSR count). The number of piperidine rings is 3. The molecule has 8 heteroatoms. The number of nitrogens with one attached hydrogen (secondary N) is 1. The Morgan fingerprint density at radius 1 is 1.23 bits per heavy atom. The highest BCUT2D eigenvalue weighted by Gasteiger charge is 2.40. The zero-order valence-corrected chi connectivity index (χ0v) is 17.1. The van der Waals surface area contributed by atoms with Gasteiger partial charge in [-0.25, -0.2) is 13.1 Å². The van der Waals surface area contributed by atoms with Crippen molar-refractivity contribution in [2.75, 3.05) is 59.4 Å². The minimum absolute atomic E-state index is 0.354. The molecule has 0 spiro atoms. The average molecular weight is 399 g/mol. The van der Waals surface area contributed by atoms with Gasteiger partial charge in [0, 0.05) is 51.9 Å². The summed E-state index contributed by atoms with van der Waals surface area (Å²) in [5.41, 5.74) is 0. The summed E-state index contributed by atoms with van der Waals surface area (Å²) in [6.45, 7) is 8.72. The summed E-state index contributed by atoms with van der Waals surface area (Å²) >= 11 is 1.28. The summed E-state index contributed by atoms with van der Waals surface area (Å²) in [5, 5.41) is 1.81. The van der Waals surface area contributed by atoms with Gasteiger partial charge >= 0.3 is 0 Å². The van der Waals surface area contributed by atoms with Crippen LogP contribution in [0.25, 0.3) is 0 Å². The van der Waals surface area contributed by atoms with E-state index in [9.17, 15) is 8.42 Å². The minimum atomic E-state index is -3.35. The molecule has 0 saturated carbocycles. The smallest absolute Gasteiger partial charge is 0.250 e. The van der Waals surface area contributed by atoms with Crippen LogP contribution < -0.4 is 4.72 Å². The molecule has 1 N–H and O–H groups in total. The molecule has 4 saturated heterocycles. The molecule has 0 aliphatic carbocycles. The lowest BCUT2D eigenvalue weighted by molar-refractivity contribution is -0.0149. The number of sulfonamides is 1. The van der Waals surface area contributed by atoms with Gasteiger partial charge in [0.2, 0.25) is 10.0 Å². The van der Waals surface area contributed by atoms with E-state index in [-0.39, 0.29) is 0 Å². The van der Waals surface area contributed by atoms with Gasteiger partial charge in [-0.1, -0.05) is 6.07 Å². The van der Waals surface area contributed by atoms with Crippen molar-refractivity contribution in [3.8, 4) is 0 Å². The van der Waals surface area contributed by atoms with Gasteiger partial charge in [-0.15, -0.1) is 11.3 Å². The zero-order valence-electron chi connectivity index (χ0n) is 15.5. The second kappa shape index (κ2) is 7.85. The molecule has 1 aromatic heterocycles. The van der Waals surface area contributed by atoms with Gasteiger partial charge < -0.3 is 9.80 Å². The largest absolute Gasteiger partial charge is 0.304 e. The molecule has 2 bridgehead atoms. The van der Waals surface area contributed by atoms with Gasteiger partial charge in [-0.3, -0.25) is 4.90 Å². The van der Waals surface area contributed by atoms with Crippen LogP contribution >= 0.6 is 11.3 Å². The average Bonchev–Trinajstić information content (AvgIpc) is 3.19. The third-order valence-corrected chi connectivity index (χ3v) is 9.19. The molecule has 4 aliphatic rings. The van der Waals surface area contributed by atoms with Crippen molar-refractivity contribution in [2.24, 2.45) is 11.8 Å². The lowest BCUT2D eigenvalue weighted by atomic mass is 9.75. The highest BCUT2D eigenvalue weighted by atomic mass is 32.2. The summed E-state index contributed by atoms with van der Waals surface area (Å²) in [5.74, 6) is 1.49. The second-order valence-electron chi connectivity index (χ2n) is 8.08. The third kappa shape index (κ3) is 4.15. The molecule has 1 aromatic rings. The summed E-state index contributed by atoms with van der Waals surface area (Å²) in [6, 6.07) is 3.81. The molecule has 5 heterocycles. The number of likely N-dealkylation sites (N-methyl/N-ethyl adjacent to an activating group) is 1. The van der Waals surface area contributed by atoms with Crippen molar-refractivity contribution < 1.29 is 8.42 Å². The number of hydrogen-bond donors (Lipinski definition) is 1. The lowest BCUT2D eigenvalue weighted by Crippen LogP contribution is -2.59. The highest BCUT2D eigenvalue weighted by Crippen LogP contribution is 2.36. The number of rotatable bonds is 6. The van der Waals surface area contributed by atoms with Crippen molar-refractivity contribution in [3.63, 3.8) is 0 Å². The summed E-state index contributed by atoms with van der Waals surface area (Å²) in [7, 11) is -1.14. The van der Waals surface area contributed by atoms with Crippen molar-refractivity contribution in [3.05, 3.63) is 17.5 Å². The standard InChI is InChI=1S/C18H30N4O2S2/c1-20-6-8-21(9-7-20)13-16-14-22-5-4-15(16)11-17(22)12-19-26(23,24)18-3-2-10-25-18/h2-3,10,15-17,19H,4-9,11-14H2,1H3/t15-,16+,17+/m0/s1. The number of nitrogens with zero attached hydrogens (tertiary/aromatic N) is 3. The van der Waals surface area contributed by atoms with E-state index in [0.29, 0.717) is 16.8 Å². The first-order valence-corrected chi connectivity index (χ1v) is 12.1. The molecule has 26 heavy (non-hydrogen) atoms. The fraction of sp³-hybridized carbons (Fsp3) is 0.778. The van der Waals surface area contributed by atoms with E-state index in [0.717, 1.165) is 31.3 Å². The minimum Gasteiger partial charge on any atom is -0.304 e. The second-order valence-corrected chi connectivity index (χ2v) is 11.0. The van der Waals surface area contributed by atoms with E-state index in [1.54, 1.807) is 12.1 Å². The van der Waals surface area contributed by atoms with E-state index in [1.807, 2.05) is 5.38 Å². The third-order valence-electron chi connectivity index (χ3n) is 6.37. The maximum atomic E-state index is 12.4. The van der Waals surface area contributed by atoms with Gasteiger partial charge in [0.05, 0.1) is 0 Å². The Morgan fingerprint density at radius 3 is 2.69 bits per heavy atom. The topological polar surface area (TPSA) is 55.9 Å². The first-order valence-electron chi connectivity index (χ1n) is 9.69. The van der Waals surface area contributed by atoms with Crippen LogP contribution in [0, 0.1) is 11.8 Å². The van der Waals surface area contributed by atoms with Crippen LogP contribution in [0.2, 0.25) is 0 Å². The summed E-state index contributed by atoms with van der Waals surface area (Å²) in [6.07, 6.45) is 2.40. The van der Waals surface area contributed by atoms with Crippen LogP contribution in [-0.2, 0) is 10.0 Å². The molecule has 4 fully saturated rings. The van der Waals surface area contributed by atoms with Crippen molar-refractivity contribution in [1.29, 1.82) is 0 Å². The molecular formula is C18H30N4O2S2. The highest BCUT2D eigenvalue weighted by molar-refractivity contribution is 7.91. The maximum Gasteiger partial charge on any atom is 0.250 e. The van der Waals surface area contributed by atoms with Gasteiger partial charge in [-0.2, -0.15) is 0 Å². The van der Waals surface area contributed by atoms with Gasteiger partial charge in [0.1, 0.15) is 4.21 Å². The molecule has 0 aromatic carbocycles. The molecule has 6 nitrogen and oxygen atoms in total. The monoisotopic (exact) mass is 398 g/mol. The number of piperazine rings is 1. The summed E-state index contributed by atoms with van der Waals surface area (Å²) < 4.78 is 28.0. The SMILES string of the molecule is CN1CCN(C[C@@H]2CN3CC[C@H]2C[C@@H]3CNS(=O)(=O)c2cccs2)CC1. The number of thiophene rings is 1. The van der Waals surface area contributed by atoms with Crippen LogP contribution in [0.15, 0.2) is 21.7 Å². The Morgan fingerprint density at radius 2 is 2.04 bits per heavy atom. The lowest BCUT2D eigenvalue weighted by Gasteiger charge is -2.51. The van der Waals surface area contributed by atoms with E-state index in [1.165, 1.54) is 50.5 Å². The Balaban J connectivity index is 1.30. The van der Waals surface area contributed by atoms with Crippen LogP contribution in [0.4, 0.5) is 0 Å². The normalized spacial score (nSPS) is 33.6. The predicted molar refractivity (Wildman–Crippen MR) is 105 cm³/mol. The Kier molecular flexibility index (Phi) is 5.69. The van der Waals surface area contributed by atoms with E-state index < -0.39 is 10.0 Å². The maximum absolute atomic E-state index is 12.4. The van der Waals surface area contributed by atoms with Gasteiger partial charge in [0.25, 0.3) is 0 Å². The first-order chi connectivity index (χ1) is 12.5. The number of fused-ring (bicyclic) bond motifs is 3. The van der Waals surface area contributed by atoms with Crippen molar-refractivity contribution in [2.45, 2.75) is 23.1 Å².